The summed E-state index contributed by atoms with van der Waals surface area (Å²) in [6.07, 6.45) is 5.21. The number of amides is 1. The Morgan fingerprint density at radius 1 is 1.05 bits per heavy atom. The second kappa shape index (κ2) is 16.3. The first-order valence-corrected chi connectivity index (χ1v) is 23.4. The van der Waals surface area contributed by atoms with Crippen molar-refractivity contribution in [1.82, 2.24) is 24.8 Å². The van der Waals surface area contributed by atoms with Crippen molar-refractivity contribution in [2.75, 3.05) is 33.6 Å². The zero-order valence-electron chi connectivity index (χ0n) is 35.4. The molecule has 318 valence electrons. The van der Waals surface area contributed by atoms with E-state index in [-0.39, 0.29) is 53.8 Å². The Labute approximate surface area is 350 Å². The van der Waals surface area contributed by atoms with E-state index in [1.54, 1.807) is 18.2 Å². The molecule has 4 aromatic rings. The van der Waals surface area contributed by atoms with E-state index in [1.807, 2.05) is 6.08 Å². The number of alkyl halides is 1. The molecule has 0 radical (unpaired) electrons. The highest BCUT2D eigenvalue weighted by Gasteiger charge is 2.49. The summed E-state index contributed by atoms with van der Waals surface area (Å²) in [6.45, 7) is 14.3. The lowest BCUT2D eigenvalue weighted by Gasteiger charge is -2.38. The number of carboxylic acid groups (broad SMARTS) is 1. The van der Waals surface area contributed by atoms with E-state index < -0.39 is 37.5 Å². The monoisotopic (exact) mass is 841 g/mol. The molecule has 0 unspecified atom stereocenters. The Morgan fingerprint density at radius 2 is 1.82 bits per heavy atom. The second-order valence-electron chi connectivity index (χ2n) is 18.0. The molecule has 0 aliphatic carbocycles. The Hall–Kier alpha value is -4.71. The lowest BCUT2D eigenvalue weighted by atomic mass is 9.94. The van der Waals surface area contributed by atoms with Crippen LogP contribution in [0.2, 0.25) is 16.6 Å². The summed E-state index contributed by atoms with van der Waals surface area (Å²) in [5, 5.41) is 11.3. The number of carbonyl (C=O) groups is 1. The third-order valence-electron chi connectivity index (χ3n) is 13.7. The lowest BCUT2D eigenvalue weighted by Crippen LogP contribution is -2.43. The second-order valence-corrected chi connectivity index (χ2v) is 23.6. The molecule has 14 heteroatoms. The molecular weight excluding hydrogens is 788 g/mol. The van der Waals surface area contributed by atoms with Crippen LogP contribution in [0.25, 0.3) is 38.5 Å². The van der Waals surface area contributed by atoms with Gasteiger partial charge < -0.3 is 19.3 Å². The van der Waals surface area contributed by atoms with E-state index in [1.165, 1.54) is 24.3 Å². The van der Waals surface area contributed by atoms with Gasteiger partial charge in [-0.15, -0.1) is 5.54 Å². The van der Waals surface area contributed by atoms with E-state index >= 15 is 8.78 Å². The van der Waals surface area contributed by atoms with Crippen molar-refractivity contribution < 1.29 is 37.3 Å². The Kier molecular flexibility index (Phi) is 11.4. The van der Waals surface area contributed by atoms with Gasteiger partial charge >= 0.3 is 12.1 Å². The number of benzene rings is 2. The number of pyridine rings is 1. The molecule has 0 spiro atoms. The summed E-state index contributed by atoms with van der Waals surface area (Å²) >= 11 is 0. The molecule has 2 aromatic heterocycles. The van der Waals surface area contributed by atoms with Crippen molar-refractivity contribution in [3.63, 3.8) is 0 Å². The average molecular weight is 842 g/mol. The summed E-state index contributed by atoms with van der Waals surface area (Å²) in [4.78, 5) is 30.1. The Bertz CT molecular complexity index is 2410. The first-order chi connectivity index (χ1) is 28.7. The van der Waals surface area contributed by atoms with Crippen molar-refractivity contribution in [1.29, 1.82) is 0 Å². The van der Waals surface area contributed by atoms with Gasteiger partial charge in [-0.1, -0.05) is 59.6 Å². The summed E-state index contributed by atoms with van der Waals surface area (Å²) < 4.78 is 66.2. The minimum atomic E-state index is -2.32. The van der Waals surface area contributed by atoms with Gasteiger partial charge in [0.1, 0.15) is 43.6 Å². The molecule has 6 heterocycles. The van der Waals surface area contributed by atoms with Crippen molar-refractivity contribution >= 4 is 41.4 Å². The molecular formula is C46H54F3N5O5Si. The first-order valence-electron chi connectivity index (χ1n) is 21.2. The van der Waals surface area contributed by atoms with Crippen LogP contribution in [0, 0.1) is 23.1 Å². The van der Waals surface area contributed by atoms with Crippen LogP contribution < -0.4 is 9.47 Å². The van der Waals surface area contributed by atoms with Gasteiger partial charge in [-0.25, -0.2) is 18.0 Å². The van der Waals surface area contributed by atoms with Crippen LogP contribution in [0.5, 0.6) is 11.8 Å². The summed E-state index contributed by atoms with van der Waals surface area (Å²) in [6, 6.07) is 5.71. The SMILES string of the molecule is COCOc1cc(-c2ncc3c(C4=C[C@@H]5CC[C@H](C4)N5C(=O)O)nc(OC[C@@]45CCCN4C[C@H](F)C5)nc3c2F)c2c(C#C[Si](C(C)C)(C(C)C)C(C)C)c(F)ccc2c1. The van der Waals surface area contributed by atoms with Gasteiger partial charge in [0.2, 0.25) is 0 Å². The van der Waals surface area contributed by atoms with Crippen LogP contribution in [-0.2, 0) is 4.74 Å². The minimum Gasteiger partial charge on any atom is -0.468 e. The van der Waals surface area contributed by atoms with Gasteiger partial charge in [0.25, 0.3) is 0 Å². The predicted octanol–water partition coefficient (Wildman–Crippen LogP) is 9.93. The maximum Gasteiger partial charge on any atom is 0.408 e. The maximum atomic E-state index is 17.7. The molecule has 3 saturated heterocycles. The number of rotatable bonds is 11. The van der Waals surface area contributed by atoms with Crippen LogP contribution in [0.3, 0.4) is 0 Å². The van der Waals surface area contributed by atoms with Gasteiger partial charge in [-0.2, -0.15) is 9.97 Å². The van der Waals surface area contributed by atoms with Crippen molar-refractivity contribution in [2.24, 2.45) is 0 Å². The normalized spacial score (nSPS) is 22.9. The van der Waals surface area contributed by atoms with E-state index in [9.17, 15) is 14.3 Å². The number of nitrogens with zero attached hydrogens (tertiary/aromatic N) is 5. The number of aromatic nitrogens is 3. The standard InChI is InChI=1S/C46H54F3N5O5Si/c1-26(2)60(27(3)4,28(5)6)16-13-35-38(48)12-9-29-19-34(59-25-57-7)20-36(39(29)35)42-40(49)43-37(22-50-42)41(30-17-32-10-11-33(18-30)54(32)45(55)56)51-44(52-43)58-24-46-14-8-15-53(46)23-31(47)21-46/h9,12,17,19-20,22,26-28,31-33H,8,10-11,14-15,18,21,23-25H2,1-7H3,(H,55,56)/t31-,32+,33-,46+/m1/s1. The number of hydrogen-bond donors (Lipinski definition) is 1. The zero-order valence-corrected chi connectivity index (χ0v) is 36.4. The zero-order chi connectivity index (χ0) is 42.7. The van der Waals surface area contributed by atoms with Crippen LogP contribution in [0.1, 0.15) is 91.3 Å². The third-order valence-corrected chi connectivity index (χ3v) is 20.0. The largest absolute Gasteiger partial charge is 0.468 e. The predicted molar refractivity (Wildman–Crippen MR) is 228 cm³/mol. The fourth-order valence-corrected chi connectivity index (χ4v) is 16.2. The average Bonchev–Trinajstić information content (AvgIpc) is 3.83. The molecule has 3 fully saturated rings. The van der Waals surface area contributed by atoms with Crippen LogP contribution >= 0.6 is 0 Å². The number of halogens is 3. The van der Waals surface area contributed by atoms with Gasteiger partial charge in [0, 0.05) is 48.6 Å². The molecule has 1 N–H and O–H groups in total. The van der Waals surface area contributed by atoms with Crippen LogP contribution in [-0.4, -0.2) is 101 Å². The fourth-order valence-electron chi connectivity index (χ4n) is 11.0. The molecule has 1 amide bonds. The summed E-state index contributed by atoms with van der Waals surface area (Å²) in [7, 11) is -0.823. The summed E-state index contributed by atoms with van der Waals surface area (Å²) in [5.41, 5.74) is 5.47. The molecule has 60 heavy (non-hydrogen) atoms. The van der Waals surface area contributed by atoms with E-state index in [4.69, 9.17) is 24.2 Å². The number of hydrogen-bond acceptors (Lipinski definition) is 8. The van der Waals surface area contributed by atoms with E-state index in [0.717, 1.165) is 25.0 Å². The smallest absolute Gasteiger partial charge is 0.408 e. The highest BCUT2D eigenvalue weighted by Crippen LogP contribution is 2.45. The number of ether oxygens (including phenoxy) is 3. The van der Waals surface area contributed by atoms with E-state index in [2.05, 4.69) is 62.9 Å². The molecule has 2 aromatic carbocycles. The van der Waals surface area contributed by atoms with Gasteiger partial charge in [-0.05, 0) is 84.4 Å². The Morgan fingerprint density at radius 3 is 2.52 bits per heavy atom. The molecule has 10 nitrogen and oxygen atoms in total. The minimum absolute atomic E-state index is 0.0595. The third kappa shape index (κ3) is 7.20. The van der Waals surface area contributed by atoms with Gasteiger partial charge in [0.15, 0.2) is 12.6 Å². The number of fused-ring (bicyclic) bond motifs is 5. The molecule has 4 aliphatic rings. The molecule has 0 saturated carbocycles. The quantitative estimate of drug-likeness (QED) is 0.0897. The topological polar surface area (TPSA) is 110 Å². The fraction of sp³-hybridized carbons (Fsp3) is 0.522. The van der Waals surface area contributed by atoms with E-state index in [0.29, 0.717) is 76.5 Å². The Balaban J connectivity index is 1.33. The highest BCUT2D eigenvalue weighted by molar-refractivity contribution is 6.90. The van der Waals surface area contributed by atoms with Crippen molar-refractivity contribution in [2.45, 2.75) is 120 Å². The first kappa shape index (κ1) is 42.0. The molecule has 8 rings (SSSR count). The lowest BCUT2D eigenvalue weighted by molar-refractivity contribution is 0.0512. The molecule has 4 aliphatic heterocycles. The van der Waals surface area contributed by atoms with Gasteiger partial charge in [0.05, 0.1) is 22.8 Å². The highest BCUT2D eigenvalue weighted by atomic mass is 28.3. The maximum absolute atomic E-state index is 17.7. The van der Waals surface area contributed by atoms with Crippen LogP contribution in [0.15, 0.2) is 36.5 Å². The summed E-state index contributed by atoms with van der Waals surface area (Å²) in [5.74, 6) is 2.37. The van der Waals surface area contributed by atoms with Crippen molar-refractivity contribution in [3.8, 4) is 34.5 Å². The molecule has 2 bridgehead atoms. The number of methoxy groups -OCH3 is 1. The van der Waals surface area contributed by atoms with Crippen LogP contribution in [0.4, 0.5) is 18.0 Å². The molecule has 4 atom stereocenters. The van der Waals surface area contributed by atoms with Gasteiger partial charge in [-0.3, -0.25) is 14.8 Å². The van der Waals surface area contributed by atoms with Crippen molar-refractivity contribution in [3.05, 3.63) is 59.4 Å².